The van der Waals surface area contributed by atoms with Crippen LogP contribution in [0, 0.1) is 27.7 Å². The smallest absolute Gasteiger partial charge is 0.160 e. The lowest BCUT2D eigenvalue weighted by Gasteiger charge is -2.36. The van der Waals surface area contributed by atoms with Crippen molar-refractivity contribution in [2.75, 3.05) is 65.4 Å². The minimum Gasteiger partial charge on any atom is -0.308 e. The fourth-order valence-corrected chi connectivity index (χ4v) is 10.1. The van der Waals surface area contributed by atoms with Gasteiger partial charge in [0.1, 0.15) is 22.7 Å². The van der Waals surface area contributed by atoms with Crippen LogP contribution in [0.15, 0.2) is 60.7 Å². The van der Waals surface area contributed by atoms with E-state index >= 15 is 0 Å². The lowest BCUT2D eigenvalue weighted by atomic mass is 10.1. The molecule has 6 heterocycles. The third-order valence-electron chi connectivity index (χ3n) is 14.0. The van der Waals surface area contributed by atoms with E-state index in [1.807, 2.05) is 0 Å². The molecule has 4 aromatic heterocycles. The summed E-state index contributed by atoms with van der Waals surface area (Å²) in [5.41, 5.74) is 14.2. The molecule has 0 radical (unpaired) electrons. The summed E-state index contributed by atoms with van der Waals surface area (Å²) in [5, 5.41) is 0. The standard InChI is InChI=1S/C27H37N5.C27H39N5/c1-4-25-29-26-20(2)18-21(3)28-27(26)32(25)19-23-9-7-22(8-10-23)6-5-13-30-14-16-31(17-15-30)24-11-12-24;1-6-25-29-26-21(4)18-22(5)28-27(26)32(25)19-24-11-9-23(10-12-24)8-7-13-30-14-16-31(17-15-30)20(2)3/h7-10,18,24H,4-6,11-17,19H2,1-3H3;9-12,18,20H,6-8,13-17,19H2,1-5H3. The zero-order chi connectivity index (χ0) is 44.7. The fourth-order valence-electron chi connectivity index (χ4n) is 10.1. The third kappa shape index (κ3) is 11.5. The largest absolute Gasteiger partial charge is 0.308 e. The summed E-state index contributed by atoms with van der Waals surface area (Å²) < 4.78 is 4.59. The highest BCUT2D eigenvalue weighted by Gasteiger charge is 2.31. The van der Waals surface area contributed by atoms with E-state index in [-0.39, 0.29) is 0 Å². The average molecular weight is 865 g/mol. The van der Waals surface area contributed by atoms with Crippen LogP contribution in [0.4, 0.5) is 0 Å². The van der Waals surface area contributed by atoms with Gasteiger partial charge in [0.05, 0.1) is 13.1 Å². The predicted octanol–water partition coefficient (Wildman–Crippen LogP) is 8.99. The molecule has 0 amide bonds. The summed E-state index contributed by atoms with van der Waals surface area (Å²) in [7, 11) is 0. The maximum atomic E-state index is 4.88. The summed E-state index contributed by atoms with van der Waals surface area (Å²) in [6, 6.07) is 24.2. The second-order valence-corrected chi connectivity index (χ2v) is 19.4. The molecule has 0 bridgehead atoms. The van der Waals surface area contributed by atoms with Crippen molar-refractivity contribution in [3.8, 4) is 0 Å². The summed E-state index contributed by atoms with van der Waals surface area (Å²) in [4.78, 5) is 29.9. The number of aryl methyl sites for hydroxylation is 8. The molecule has 0 unspecified atom stereocenters. The first-order valence-electron chi connectivity index (χ1n) is 24.8. The van der Waals surface area contributed by atoms with Gasteiger partial charge in [-0.25, -0.2) is 19.9 Å². The van der Waals surface area contributed by atoms with Crippen molar-refractivity contribution in [3.05, 3.63) is 117 Å². The molecule has 3 fully saturated rings. The SMILES string of the molecule is CCc1nc2c(C)cc(C)nc2n1Cc1ccc(CCCN2CCN(C(C)C)CC2)cc1.CCc1nc2c(C)cc(C)nc2n1Cc1ccc(CCCN2CCN(C3CC3)CC2)cc1. The zero-order valence-electron chi connectivity index (χ0n) is 40.5. The van der Waals surface area contributed by atoms with Crippen molar-refractivity contribution in [2.45, 2.75) is 132 Å². The van der Waals surface area contributed by atoms with E-state index in [1.54, 1.807) is 0 Å². The molecule has 9 rings (SSSR count). The number of fused-ring (bicyclic) bond motifs is 2. The second kappa shape index (κ2) is 21.2. The third-order valence-corrected chi connectivity index (χ3v) is 14.0. The number of nitrogens with zero attached hydrogens (tertiary/aromatic N) is 10. The zero-order valence-corrected chi connectivity index (χ0v) is 40.5. The van der Waals surface area contributed by atoms with Crippen LogP contribution in [0.3, 0.4) is 0 Å². The Morgan fingerprint density at radius 2 is 0.938 bits per heavy atom. The monoisotopic (exact) mass is 865 g/mol. The van der Waals surface area contributed by atoms with Gasteiger partial charge < -0.3 is 18.9 Å². The first-order chi connectivity index (χ1) is 31.0. The summed E-state index contributed by atoms with van der Waals surface area (Å²) in [6.07, 6.45) is 9.49. The molecular formula is C54H76N10. The maximum absolute atomic E-state index is 4.88. The minimum atomic E-state index is 0.674. The highest BCUT2D eigenvalue weighted by Crippen LogP contribution is 2.28. The minimum absolute atomic E-state index is 0.674. The number of imidazole rings is 2. The molecule has 10 nitrogen and oxygen atoms in total. The van der Waals surface area contributed by atoms with Crippen molar-refractivity contribution in [1.29, 1.82) is 0 Å². The molecule has 0 N–H and O–H groups in total. The summed E-state index contributed by atoms with van der Waals surface area (Å²) in [6.45, 7) is 31.3. The van der Waals surface area contributed by atoms with E-state index in [9.17, 15) is 0 Å². The Bertz CT molecular complexity index is 2260. The van der Waals surface area contributed by atoms with Gasteiger partial charge in [-0.2, -0.15) is 0 Å². The number of rotatable bonds is 16. The molecule has 10 heteroatoms. The van der Waals surface area contributed by atoms with Crippen molar-refractivity contribution >= 4 is 22.3 Å². The number of aromatic nitrogens is 6. The van der Waals surface area contributed by atoms with Gasteiger partial charge in [0.15, 0.2) is 11.3 Å². The van der Waals surface area contributed by atoms with Crippen molar-refractivity contribution in [1.82, 2.24) is 48.7 Å². The second-order valence-electron chi connectivity index (χ2n) is 19.4. The van der Waals surface area contributed by atoms with E-state index in [1.165, 1.54) is 125 Å². The Labute approximate surface area is 384 Å². The summed E-state index contributed by atoms with van der Waals surface area (Å²) in [5.74, 6) is 2.23. The van der Waals surface area contributed by atoms with Crippen LogP contribution < -0.4 is 0 Å². The lowest BCUT2D eigenvalue weighted by Crippen LogP contribution is -2.48. The molecule has 3 aliphatic rings. The van der Waals surface area contributed by atoms with Crippen LogP contribution in [0.2, 0.25) is 0 Å². The Morgan fingerprint density at radius 3 is 1.33 bits per heavy atom. The van der Waals surface area contributed by atoms with E-state index in [4.69, 9.17) is 19.9 Å². The van der Waals surface area contributed by atoms with E-state index in [0.29, 0.717) is 6.04 Å². The molecule has 64 heavy (non-hydrogen) atoms. The number of benzene rings is 2. The molecule has 1 aliphatic carbocycles. The maximum Gasteiger partial charge on any atom is 0.160 e. The predicted molar refractivity (Wildman–Crippen MR) is 265 cm³/mol. The Morgan fingerprint density at radius 1 is 0.531 bits per heavy atom. The van der Waals surface area contributed by atoms with Gasteiger partial charge in [0.2, 0.25) is 0 Å². The van der Waals surface area contributed by atoms with Crippen molar-refractivity contribution in [3.63, 3.8) is 0 Å². The Kier molecular flexibility index (Phi) is 15.3. The van der Waals surface area contributed by atoms with Gasteiger partial charge in [-0.05, 0) is 139 Å². The Balaban J connectivity index is 0.000000175. The van der Waals surface area contributed by atoms with Crippen LogP contribution in [0.1, 0.15) is 110 Å². The fraction of sp³-hybridized carbons (Fsp3) is 0.556. The molecule has 1 saturated carbocycles. The van der Waals surface area contributed by atoms with E-state index in [2.05, 4.69) is 145 Å². The molecule has 2 aliphatic heterocycles. The van der Waals surface area contributed by atoms with Gasteiger partial charge in [-0.3, -0.25) is 9.80 Å². The van der Waals surface area contributed by atoms with Gasteiger partial charge in [-0.1, -0.05) is 62.4 Å². The molecule has 2 aromatic carbocycles. The molecule has 0 spiro atoms. The lowest BCUT2D eigenvalue weighted by molar-refractivity contribution is 0.108. The van der Waals surface area contributed by atoms with Crippen LogP contribution in [-0.4, -0.2) is 126 Å². The van der Waals surface area contributed by atoms with Gasteiger partial charge in [0, 0.05) is 88.7 Å². The highest BCUT2D eigenvalue weighted by atomic mass is 15.3. The average Bonchev–Trinajstić information content (AvgIpc) is 4.01. The molecule has 342 valence electrons. The number of hydrogen-bond acceptors (Lipinski definition) is 8. The van der Waals surface area contributed by atoms with Crippen molar-refractivity contribution in [2.24, 2.45) is 0 Å². The van der Waals surface area contributed by atoms with E-state index in [0.717, 1.165) is 90.2 Å². The van der Waals surface area contributed by atoms with E-state index < -0.39 is 0 Å². The van der Waals surface area contributed by atoms with Crippen LogP contribution >= 0.6 is 0 Å². The first-order valence-corrected chi connectivity index (χ1v) is 24.8. The molecular weight excluding hydrogens is 789 g/mol. The Hall–Kier alpha value is -4.48. The van der Waals surface area contributed by atoms with Crippen LogP contribution in [0.5, 0.6) is 0 Å². The topological polar surface area (TPSA) is 74.4 Å². The van der Waals surface area contributed by atoms with Crippen LogP contribution in [-0.2, 0) is 38.8 Å². The van der Waals surface area contributed by atoms with Gasteiger partial charge in [0.25, 0.3) is 0 Å². The molecule has 2 saturated heterocycles. The van der Waals surface area contributed by atoms with Crippen LogP contribution in [0.25, 0.3) is 22.3 Å². The van der Waals surface area contributed by atoms with Gasteiger partial charge in [-0.15, -0.1) is 0 Å². The van der Waals surface area contributed by atoms with Crippen molar-refractivity contribution < 1.29 is 0 Å². The number of hydrogen-bond donors (Lipinski definition) is 0. The quantitative estimate of drug-likeness (QED) is 0.0956. The van der Waals surface area contributed by atoms with Gasteiger partial charge >= 0.3 is 0 Å². The summed E-state index contributed by atoms with van der Waals surface area (Å²) >= 11 is 0. The normalized spacial score (nSPS) is 16.9. The molecule has 6 aromatic rings. The number of piperazine rings is 2. The first kappa shape index (κ1) is 46.1. The molecule has 0 atom stereocenters. The highest BCUT2D eigenvalue weighted by molar-refractivity contribution is 5.76. The number of pyridine rings is 2.